The van der Waals surface area contributed by atoms with E-state index >= 15 is 0 Å². The highest BCUT2D eigenvalue weighted by atomic mass is 32.2. The summed E-state index contributed by atoms with van der Waals surface area (Å²) in [7, 11) is -3.74. The molecule has 9 heteroatoms. The van der Waals surface area contributed by atoms with E-state index in [0.29, 0.717) is 25.3 Å². The Hall–Kier alpha value is -2.13. The van der Waals surface area contributed by atoms with E-state index in [4.69, 9.17) is 4.74 Å². The highest BCUT2D eigenvalue weighted by Gasteiger charge is 2.31. The standard InChI is InChI=1S/C17H24N2O6S/c1-2-25-13-6-8-14(9-7-13)26(23,24)18-11-10-16(20)19-12-4-3-5-15(19)17(21)22/h6-9,15,18H,2-5,10-12H2,1H3,(H,21,22). The van der Waals surface area contributed by atoms with Gasteiger partial charge in [-0.15, -0.1) is 0 Å². The van der Waals surface area contributed by atoms with E-state index in [-0.39, 0.29) is 23.8 Å². The topological polar surface area (TPSA) is 113 Å². The van der Waals surface area contributed by atoms with Crippen molar-refractivity contribution in [2.24, 2.45) is 0 Å². The predicted molar refractivity (Wildman–Crippen MR) is 94.4 cm³/mol. The third-order valence-corrected chi connectivity index (χ3v) is 5.66. The van der Waals surface area contributed by atoms with Crippen molar-refractivity contribution in [1.29, 1.82) is 0 Å². The van der Waals surface area contributed by atoms with E-state index in [1.54, 1.807) is 12.1 Å². The fourth-order valence-corrected chi connectivity index (χ4v) is 3.92. The van der Waals surface area contributed by atoms with Crippen molar-refractivity contribution in [3.05, 3.63) is 24.3 Å². The second-order valence-electron chi connectivity index (χ2n) is 5.99. The van der Waals surface area contributed by atoms with Gasteiger partial charge in [-0.1, -0.05) is 0 Å². The van der Waals surface area contributed by atoms with Crippen LogP contribution in [0.1, 0.15) is 32.6 Å². The van der Waals surface area contributed by atoms with Gasteiger partial charge in [0.15, 0.2) is 0 Å². The molecule has 1 aliphatic heterocycles. The molecule has 2 N–H and O–H groups in total. The Bertz CT molecular complexity index is 732. The number of sulfonamides is 1. The summed E-state index contributed by atoms with van der Waals surface area (Å²) in [6.45, 7) is 2.62. The number of rotatable bonds is 8. The molecule has 1 fully saturated rings. The summed E-state index contributed by atoms with van der Waals surface area (Å²) >= 11 is 0. The molecule has 0 radical (unpaired) electrons. The summed E-state index contributed by atoms with van der Waals surface area (Å²) in [6, 6.07) is 5.17. The van der Waals surface area contributed by atoms with Crippen LogP contribution in [0.15, 0.2) is 29.2 Å². The molecule has 1 aliphatic rings. The van der Waals surface area contributed by atoms with Crippen molar-refractivity contribution in [2.45, 2.75) is 43.5 Å². The maximum Gasteiger partial charge on any atom is 0.326 e. The highest BCUT2D eigenvalue weighted by Crippen LogP contribution is 2.19. The first kappa shape index (κ1) is 20.2. The van der Waals surface area contributed by atoms with Gasteiger partial charge >= 0.3 is 5.97 Å². The number of carbonyl (C=O) groups excluding carboxylic acids is 1. The summed E-state index contributed by atoms with van der Waals surface area (Å²) in [6.07, 6.45) is 1.87. The predicted octanol–water partition coefficient (Wildman–Crippen LogP) is 1.22. The van der Waals surface area contributed by atoms with Gasteiger partial charge in [-0.05, 0) is 50.5 Å². The molecule has 0 aliphatic carbocycles. The molecule has 1 amide bonds. The lowest BCUT2D eigenvalue weighted by molar-refractivity contribution is -0.152. The number of hydrogen-bond acceptors (Lipinski definition) is 5. The lowest BCUT2D eigenvalue weighted by Gasteiger charge is -2.33. The number of benzene rings is 1. The van der Waals surface area contributed by atoms with Crippen LogP contribution in [0.5, 0.6) is 5.75 Å². The summed E-state index contributed by atoms with van der Waals surface area (Å²) in [4.78, 5) is 24.9. The Morgan fingerprint density at radius 2 is 1.96 bits per heavy atom. The van der Waals surface area contributed by atoms with Gasteiger partial charge in [0, 0.05) is 19.5 Å². The van der Waals surface area contributed by atoms with Gasteiger partial charge in [0.1, 0.15) is 11.8 Å². The van der Waals surface area contributed by atoms with Gasteiger partial charge < -0.3 is 14.7 Å². The summed E-state index contributed by atoms with van der Waals surface area (Å²) in [5.41, 5.74) is 0. The zero-order chi connectivity index (χ0) is 19.2. The molecular weight excluding hydrogens is 360 g/mol. The molecule has 1 saturated heterocycles. The first-order valence-corrected chi connectivity index (χ1v) is 10.1. The number of hydrogen-bond donors (Lipinski definition) is 2. The number of aliphatic carboxylic acids is 1. The molecule has 8 nitrogen and oxygen atoms in total. The average Bonchev–Trinajstić information content (AvgIpc) is 2.62. The minimum absolute atomic E-state index is 0.0785. The van der Waals surface area contributed by atoms with E-state index in [0.717, 1.165) is 12.8 Å². The number of carboxylic acid groups (broad SMARTS) is 1. The third-order valence-electron chi connectivity index (χ3n) is 4.18. The molecule has 26 heavy (non-hydrogen) atoms. The number of nitrogens with one attached hydrogen (secondary N) is 1. The maximum absolute atomic E-state index is 12.3. The Morgan fingerprint density at radius 3 is 2.58 bits per heavy atom. The number of ether oxygens (including phenoxy) is 1. The smallest absolute Gasteiger partial charge is 0.326 e. The minimum atomic E-state index is -3.74. The quantitative estimate of drug-likeness (QED) is 0.697. The molecule has 0 bridgehead atoms. The first-order valence-electron chi connectivity index (χ1n) is 8.60. The largest absolute Gasteiger partial charge is 0.494 e. The molecule has 0 aromatic heterocycles. The van der Waals surface area contributed by atoms with Crippen LogP contribution in [0.2, 0.25) is 0 Å². The Kier molecular flexibility index (Phi) is 6.98. The van der Waals surface area contributed by atoms with Crippen LogP contribution >= 0.6 is 0 Å². The van der Waals surface area contributed by atoms with Gasteiger partial charge in [0.05, 0.1) is 11.5 Å². The maximum atomic E-state index is 12.3. The molecular formula is C17H24N2O6S. The van der Waals surface area contributed by atoms with Crippen LogP contribution in [0, 0.1) is 0 Å². The van der Waals surface area contributed by atoms with Crippen molar-refractivity contribution in [3.63, 3.8) is 0 Å². The summed E-state index contributed by atoms with van der Waals surface area (Å²) < 4.78 is 32.2. The second-order valence-corrected chi connectivity index (χ2v) is 7.76. The molecule has 1 unspecified atom stereocenters. The second kappa shape index (κ2) is 9.00. The molecule has 144 valence electrons. The fraction of sp³-hybridized carbons (Fsp3) is 0.529. The summed E-state index contributed by atoms with van der Waals surface area (Å²) in [5, 5.41) is 9.21. The van der Waals surface area contributed by atoms with Crippen molar-refractivity contribution >= 4 is 21.9 Å². The fourth-order valence-electron chi connectivity index (χ4n) is 2.89. The van der Waals surface area contributed by atoms with Crippen molar-refractivity contribution in [3.8, 4) is 5.75 Å². The van der Waals surface area contributed by atoms with E-state index in [2.05, 4.69) is 4.72 Å². The molecule has 0 spiro atoms. The minimum Gasteiger partial charge on any atom is -0.494 e. The number of nitrogens with zero attached hydrogens (tertiary/aromatic N) is 1. The van der Waals surface area contributed by atoms with Crippen molar-refractivity contribution < 1.29 is 27.9 Å². The SMILES string of the molecule is CCOc1ccc(S(=O)(=O)NCCC(=O)N2CCCCC2C(=O)O)cc1. The number of piperidine rings is 1. The van der Waals surface area contributed by atoms with Gasteiger partial charge in [-0.2, -0.15) is 0 Å². The normalized spacial score (nSPS) is 17.7. The molecule has 1 aromatic carbocycles. The van der Waals surface area contributed by atoms with E-state index in [9.17, 15) is 23.1 Å². The van der Waals surface area contributed by atoms with Gasteiger partial charge in [-0.25, -0.2) is 17.9 Å². The number of carbonyl (C=O) groups is 2. The van der Waals surface area contributed by atoms with Crippen LogP contribution in [-0.2, 0) is 19.6 Å². The zero-order valence-corrected chi connectivity index (χ0v) is 15.5. The number of carboxylic acids is 1. The van der Waals surface area contributed by atoms with Crippen LogP contribution in [0.4, 0.5) is 0 Å². The molecule has 0 saturated carbocycles. The van der Waals surface area contributed by atoms with E-state index in [1.807, 2.05) is 6.92 Å². The van der Waals surface area contributed by atoms with Crippen LogP contribution in [0.25, 0.3) is 0 Å². The zero-order valence-electron chi connectivity index (χ0n) is 14.7. The van der Waals surface area contributed by atoms with E-state index in [1.165, 1.54) is 17.0 Å². The van der Waals surface area contributed by atoms with Gasteiger partial charge in [0.25, 0.3) is 0 Å². The highest BCUT2D eigenvalue weighted by molar-refractivity contribution is 7.89. The Balaban J connectivity index is 1.91. The third kappa shape index (κ3) is 5.18. The van der Waals surface area contributed by atoms with Crippen molar-refractivity contribution in [1.82, 2.24) is 9.62 Å². The van der Waals surface area contributed by atoms with Crippen molar-refractivity contribution in [2.75, 3.05) is 19.7 Å². The molecule has 2 rings (SSSR count). The lowest BCUT2D eigenvalue weighted by Crippen LogP contribution is -2.48. The van der Waals surface area contributed by atoms with Crippen LogP contribution < -0.4 is 9.46 Å². The van der Waals surface area contributed by atoms with Crippen LogP contribution in [-0.4, -0.2) is 56.0 Å². The summed E-state index contributed by atoms with van der Waals surface area (Å²) in [5.74, 6) is -0.800. The molecule has 1 aromatic rings. The monoisotopic (exact) mass is 384 g/mol. The molecule has 1 atom stereocenters. The van der Waals surface area contributed by atoms with Gasteiger partial charge in [-0.3, -0.25) is 4.79 Å². The Morgan fingerprint density at radius 1 is 1.27 bits per heavy atom. The van der Waals surface area contributed by atoms with Crippen LogP contribution in [0.3, 0.4) is 0 Å². The Labute approximate surface area is 153 Å². The molecule has 1 heterocycles. The number of amides is 1. The van der Waals surface area contributed by atoms with E-state index < -0.39 is 22.0 Å². The average molecular weight is 384 g/mol. The lowest BCUT2D eigenvalue weighted by atomic mass is 10.0. The van der Waals surface area contributed by atoms with Gasteiger partial charge in [0.2, 0.25) is 15.9 Å². The first-order chi connectivity index (χ1) is 12.3. The number of likely N-dealkylation sites (tertiary alicyclic amines) is 1.